The predicted molar refractivity (Wildman–Crippen MR) is 75.1 cm³/mol. The van der Waals surface area contributed by atoms with Crippen LogP contribution in [0, 0.1) is 11.3 Å². The molecule has 0 amide bonds. The van der Waals surface area contributed by atoms with Gasteiger partial charge in [0.15, 0.2) is 0 Å². The topological polar surface area (TPSA) is 48.3 Å². The van der Waals surface area contributed by atoms with Gasteiger partial charge in [-0.05, 0) is 44.1 Å². The number of nitriles is 1. The lowest BCUT2D eigenvalue weighted by molar-refractivity contribution is 0.226. The third kappa shape index (κ3) is 3.69. The van der Waals surface area contributed by atoms with Gasteiger partial charge in [-0.1, -0.05) is 6.07 Å². The summed E-state index contributed by atoms with van der Waals surface area (Å²) in [6.45, 7) is 3.09. The summed E-state index contributed by atoms with van der Waals surface area (Å²) in [5.41, 5.74) is 1.73. The summed E-state index contributed by atoms with van der Waals surface area (Å²) in [5.74, 6) is 0.642. The minimum atomic E-state index is 0.548. The van der Waals surface area contributed by atoms with Crippen LogP contribution < -0.4 is 10.1 Å². The van der Waals surface area contributed by atoms with Crippen molar-refractivity contribution in [2.45, 2.75) is 25.4 Å². The highest BCUT2D eigenvalue weighted by Crippen LogP contribution is 2.19. The Morgan fingerprint density at radius 3 is 3.05 bits per heavy atom. The monoisotopic (exact) mass is 259 g/mol. The van der Waals surface area contributed by atoms with Gasteiger partial charge in [0.2, 0.25) is 0 Å². The molecular formula is C15H21N3O. The van der Waals surface area contributed by atoms with Crippen molar-refractivity contribution in [1.82, 2.24) is 10.2 Å². The largest absolute Gasteiger partial charge is 0.495 e. The third-order valence-electron chi connectivity index (χ3n) is 3.60. The number of hydrogen-bond acceptors (Lipinski definition) is 4. The van der Waals surface area contributed by atoms with E-state index >= 15 is 0 Å². The fourth-order valence-electron chi connectivity index (χ4n) is 2.55. The highest BCUT2D eigenvalue weighted by molar-refractivity contribution is 5.45. The Kier molecular flexibility index (Phi) is 4.78. The van der Waals surface area contributed by atoms with Gasteiger partial charge in [0, 0.05) is 19.1 Å². The molecule has 1 aliphatic rings. The van der Waals surface area contributed by atoms with E-state index in [4.69, 9.17) is 10.00 Å². The maximum Gasteiger partial charge on any atom is 0.136 e. The number of methoxy groups -OCH3 is 1. The average Bonchev–Trinajstić information content (AvgIpc) is 2.45. The van der Waals surface area contributed by atoms with E-state index in [1.807, 2.05) is 18.2 Å². The fraction of sp³-hybridized carbons (Fsp3) is 0.533. The van der Waals surface area contributed by atoms with Crippen LogP contribution in [0.15, 0.2) is 18.2 Å². The lowest BCUT2D eigenvalue weighted by atomic mass is 10.1. The first-order valence-electron chi connectivity index (χ1n) is 6.72. The van der Waals surface area contributed by atoms with E-state index in [1.165, 1.54) is 19.4 Å². The van der Waals surface area contributed by atoms with Crippen molar-refractivity contribution >= 4 is 0 Å². The van der Waals surface area contributed by atoms with Gasteiger partial charge in [0.25, 0.3) is 0 Å². The number of nitrogens with one attached hydrogen (secondary N) is 1. The standard InChI is InChI=1S/C15H21N3O/c1-18-7-3-4-14(11-18)17-10-12-5-6-15(19-2)13(8-12)9-16/h5-6,8,14,17H,3-4,7,10-11H2,1-2H3. The normalized spacial score (nSPS) is 19.9. The second-order valence-corrected chi connectivity index (χ2v) is 5.13. The van der Waals surface area contributed by atoms with E-state index < -0.39 is 0 Å². The van der Waals surface area contributed by atoms with Gasteiger partial charge in [-0.25, -0.2) is 0 Å². The Morgan fingerprint density at radius 2 is 2.37 bits per heavy atom. The molecule has 1 saturated heterocycles. The van der Waals surface area contributed by atoms with Crippen LogP contribution in [0.1, 0.15) is 24.0 Å². The van der Waals surface area contributed by atoms with Crippen LogP contribution in [-0.2, 0) is 6.54 Å². The van der Waals surface area contributed by atoms with Crippen LogP contribution in [0.5, 0.6) is 5.75 Å². The molecule has 1 aromatic carbocycles. The Hall–Kier alpha value is -1.57. The van der Waals surface area contributed by atoms with E-state index in [-0.39, 0.29) is 0 Å². The minimum Gasteiger partial charge on any atom is -0.495 e. The predicted octanol–water partition coefficient (Wildman–Crippen LogP) is 1.75. The third-order valence-corrected chi connectivity index (χ3v) is 3.60. The van der Waals surface area contributed by atoms with Gasteiger partial charge in [-0.15, -0.1) is 0 Å². The van der Waals surface area contributed by atoms with E-state index in [0.29, 0.717) is 17.4 Å². The molecule has 0 aromatic heterocycles. The number of benzene rings is 1. The SMILES string of the molecule is COc1ccc(CNC2CCCN(C)C2)cc1C#N. The maximum absolute atomic E-state index is 9.07. The number of hydrogen-bond donors (Lipinski definition) is 1. The molecule has 19 heavy (non-hydrogen) atoms. The van der Waals surface area contributed by atoms with Crippen molar-refractivity contribution in [3.8, 4) is 11.8 Å². The van der Waals surface area contributed by atoms with Crippen molar-refractivity contribution in [2.75, 3.05) is 27.2 Å². The molecule has 0 bridgehead atoms. The summed E-state index contributed by atoms with van der Waals surface area (Å²) in [5, 5.41) is 12.6. The Balaban J connectivity index is 1.94. The fourth-order valence-corrected chi connectivity index (χ4v) is 2.55. The van der Waals surface area contributed by atoms with Gasteiger partial charge < -0.3 is 15.0 Å². The van der Waals surface area contributed by atoms with Gasteiger partial charge in [0.1, 0.15) is 11.8 Å². The first-order valence-corrected chi connectivity index (χ1v) is 6.72. The van der Waals surface area contributed by atoms with E-state index in [9.17, 15) is 0 Å². The highest BCUT2D eigenvalue weighted by Gasteiger charge is 2.16. The van der Waals surface area contributed by atoms with Crippen LogP contribution in [0.3, 0.4) is 0 Å². The van der Waals surface area contributed by atoms with E-state index in [2.05, 4.69) is 23.3 Å². The molecule has 0 spiro atoms. The summed E-state index contributed by atoms with van der Waals surface area (Å²) in [6, 6.07) is 8.50. The Bertz CT molecular complexity index is 467. The summed E-state index contributed by atoms with van der Waals surface area (Å²) in [4.78, 5) is 2.36. The zero-order valence-corrected chi connectivity index (χ0v) is 11.6. The number of likely N-dealkylation sites (N-methyl/N-ethyl adjacent to an activating group) is 1. The molecule has 4 nitrogen and oxygen atoms in total. The zero-order chi connectivity index (χ0) is 13.7. The van der Waals surface area contributed by atoms with Crippen LogP contribution in [-0.4, -0.2) is 38.2 Å². The number of nitrogens with zero attached hydrogens (tertiary/aromatic N) is 2. The summed E-state index contributed by atoms with van der Waals surface area (Å²) >= 11 is 0. The van der Waals surface area contributed by atoms with Crippen LogP contribution in [0.25, 0.3) is 0 Å². The van der Waals surface area contributed by atoms with Crippen molar-refractivity contribution in [1.29, 1.82) is 5.26 Å². The molecule has 1 atom stereocenters. The van der Waals surface area contributed by atoms with Gasteiger partial charge in [-0.2, -0.15) is 5.26 Å². The number of likely N-dealkylation sites (tertiary alicyclic amines) is 1. The number of ether oxygens (including phenoxy) is 1. The van der Waals surface area contributed by atoms with E-state index in [0.717, 1.165) is 18.7 Å². The van der Waals surface area contributed by atoms with Crippen LogP contribution in [0.4, 0.5) is 0 Å². The molecule has 1 unspecified atom stereocenters. The van der Waals surface area contributed by atoms with Crippen molar-refractivity contribution in [3.05, 3.63) is 29.3 Å². The Morgan fingerprint density at radius 1 is 1.53 bits per heavy atom. The molecule has 1 fully saturated rings. The molecule has 0 radical (unpaired) electrons. The maximum atomic E-state index is 9.07. The van der Waals surface area contributed by atoms with Crippen LogP contribution >= 0.6 is 0 Å². The molecule has 0 aliphatic carbocycles. The summed E-state index contributed by atoms with van der Waals surface area (Å²) in [6.07, 6.45) is 2.48. The molecule has 1 heterocycles. The number of rotatable bonds is 4. The second kappa shape index (κ2) is 6.55. The average molecular weight is 259 g/mol. The van der Waals surface area contributed by atoms with Crippen LogP contribution in [0.2, 0.25) is 0 Å². The molecule has 4 heteroatoms. The van der Waals surface area contributed by atoms with Gasteiger partial charge in [-0.3, -0.25) is 0 Å². The molecular weight excluding hydrogens is 238 g/mol. The summed E-state index contributed by atoms with van der Waals surface area (Å²) in [7, 11) is 3.75. The van der Waals surface area contributed by atoms with Crippen molar-refractivity contribution in [3.63, 3.8) is 0 Å². The quantitative estimate of drug-likeness (QED) is 0.895. The molecule has 102 valence electrons. The van der Waals surface area contributed by atoms with E-state index in [1.54, 1.807) is 7.11 Å². The molecule has 1 aliphatic heterocycles. The molecule has 1 aromatic rings. The van der Waals surface area contributed by atoms with Crippen molar-refractivity contribution in [2.24, 2.45) is 0 Å². The first-order chi connectivity index (χ1) is 9.22. The molecule has 0 saturated carbocycles. The zero-order valence-electron chi connectivity index (χ0n) is 11.6. The first kappa shape index (κ1) is 13.9. The minimum absolute atomic E-state index is 0.548. The lowest BCUT2D eigenvalue weighted by Crippen LogP contribution is -2.43. The summed E-state index contributed by atoms with van der Waals surface area (Å²) < 4.78 is 5.15. The lowest BCUT2D eigenvalue weighted by Gasteiger charge is -2.30. The van der Waals surface area contributed by atoms with Crippen molar-refractivity contribution < 1.29 is 4.74 Å². The van der Waals surface area contributed by atoms with Gasteiger partial charge in [0.05, 0.1) is 12.7 Å². The van der Waals surface area contributed by atoms with Gasteiger partial charge >= 0.3 is 0 Å². The molecule has 2 rings (SSSR count). The molecule has 1 N–H and O–H groups in total. The Labute approximate surface area is 115 Å². The smallest absolute Gasteiger partial charge is 0.136 e. The number of piperidine rings is 1. The highest BCUT2D eigenvalue weighted by atomic mass is 16.5. The second-order valence-electron chi connectivity index (χ2n) is 5.13.